The fourth-order valence-corrected chi connectivity index (χ4v) is 4.15. The average molecular weight is 519 g/mol. The number of fused-ring (bicyclic) bond motifs is 1. The highest BCUT2D eigenvalue weighted by Gasteiger charge is 2.30. The minimum atomic E-state index is -1.12. The second-order valence-corrected chi connectivity index (χ2v) is 9.15. The largest absolute Gasteiger partial charge is 0.371 e. The second kappa shape index (κ2) is 13.4. The Morgan fingerprint density at radius 3 is 2.51 bits per heavy atom. The molecule has 0 radical (unpaired) electrons. The van der Waals surface area contributed by atoms with Crippen LogP contribution in [0.5, 0.6) is 0 Å². The van der Waals surface area contributed by atoms with Gasteiger partial charge < -0.3 is 10.6 Å². The monoisotopic (exact) mass is 518 g/mol. The van der Waals surface area contributed by atoms with Crippen molar-refractivity contribution in [3.05, 3.63) is 30.1 Å². The van der Waals surface area contributed by atoms with E-state index in [1.54, 1.807) is 23.4 Å². The lowest BCUT2D eigenvalue weighted by Crippen LogP contribution is -2.48. The molecule has 1 saturated heterocycles. The Labute approximate surface area is 216 Å². The van der Waals surface area contributed by atoms with Gasteiger partial charge in [0.15, 0.2) is 5.82 Å². The molecular weight excluding hydrogens is 481 g/mol. The molecule has 4 rings (SSSR count). The summed E-state index contributed by atoms with van der Waals surface area (Å²) >= 11 is 0. The number of nitrogens with one attached hydrogen (secondary N) is 2. The van der Waals surface area contributed by atoms with Crippen LogP contribution in [0.25, 0.3) is 16.8 Å². The molecule has 8 nitrogen and oxygen atoms in total. The molecule has 0 amide bonds. The summed E-state index contributed by atoms with van der Waals surface area (Å²) in [5.41, 5.74) is 5.13. The number of halogens is 3. The first-order valence-corrected chi connectivity index (χ1v) is 12.6. The minimum absolute atomic E-state index is 0.181. The fourth-order valence-electron chi connectivity index (χ4n) is 4.15. The van der Waals surface area contributed by atoms with Crippen molar-refractivity contribution in [2.45, 2.75) is 52.8 Å². The van der Waals surface area contributed by atoms with Crippen molar-refractivity contribution in [1.82, 2.24) is 24.5 Å². The zero-order valence-corrected chi connectivity index (χ0v) is 22.2. The van der Waals surface area contributed by atoms with Crippen LogP contribution < -0.4 is 10.6 Å². The summed E-state index contributed by atoms with van der Waals surface area (Å²) in [6.07, 6.45) is 1.93. The highest BCUT2D eigenvalue weighted by molar-refractivity contribution is 5.88. The Bertz CT molecular complexity index is 1190. The number of hydrogen-bond acceptors (Lipinski definition) is 7. The predicted molar refractivity (Wildman–Crippen MR) is 145 cm³/mol. The van der Waals surface area contributed by atoms with Crippen molar-refractivity contribution in [1.29, 1.82) is 0 Å². The number of aryl methyl sites for hydroxylation is 1. The first-order chi connectivity index (χ1) is 17.8. The van der Waals surface area contributed by atoms with Gasteiger partial charge in [-0.15, -0.1) is 5.10 Å². The first kappa shape index (κ1) is 28.4. The number of anilines is 2. The third-order valence-corrected chi connectivity index (χ3v) is 5.96. The molecule has 3 aromatic rings. The van der Waals surface area contributed by atoms with E-state index in [0.29, 0.717) is 31.2 Å². The first-order valence-electron chi connectivity index (χ1n) is 12.6. The molecule has 1 fully saturated rings. The average Bonchev–Trinajstić information content (AvgIpc) is 3.30. The molecule has 4 heterocycles. The number of nitrogens with zero attached hydrogens (tertiary/aromatic N) is 6. The summed E-state index contributed by atoms with van der Waals surface area (Å²) in [7, 11) is 1.79. The number of rotatable bonds is 8. The van der Waals surface area contributed by atoms with Gasteiger partial charge in [0.1, 0.15) is 18.4 Å². The van der Waals surface area contributed by atoms with E-state index >= 15 is 0 Å². The summed E-state index contributed by atoms with van der Waals surface area (Å²) in [6, 6.07) is 5.42. The lowest BCUT2D eigenvalue weighted by atomic mass is 10.0. The van der Waals surface area contributed by atoms with Crippen LogP contribution in [0.1, 0.15) is 39.3 Å². The Balaban J connectivity index is 0.000000886. The van der Waals surface area contributed by atoms with E-state index in [1.807, 2.05) is 45.2 Å². The van der Waals surface area contributed by atoms with Crippen molar-refractivity contribution in [3.63, 3.8) is 0 Å². The van der Waals surface area contributed by atoms with Crippen LogP contribution in [0.2, 0.25) is 0 Å². The van der Waals surface area contributed by atoms with Crippen LogP contribution in [-0.4, -0.2) is 82.4 Å². The maximum absolute atomic E-state index is 14.7. The van der Waals surface area contributed by atoms with E-state index in [1.165, 1.54) is 0 Å². The molecule has 2 atom stereocenters. The third-order valence-electron chi connectivity index (χ3n) is 5.96. The second-order valence-electron chi connectivity index (χ2n) is 9.15. The maximum Gasteiger partial charge on any atom is 0.243 e. The van der Waals surface area contributed by atoms with Gasteiger partial charge in [-0.2, -0.15) is 4.98 Å². The van der Waals surface area contributed by atoms with Crippen LogP contribution in [-0.2, 0) is 0 Å². The number of hydrogen-bond donors (Lipinski definition) is 2. The van der Waals surface area contributed by atoms with Crippen LogP contribution >= 0.6 is 0 Å². The van der Waals surface area contributed by atoms with Gasteiger partial charge in [-0.05, 0) is 51.8 Å². The van der Waals surface area contributed by atoms with Gasteiger partial charge >= 0.3 is 0 Å². The molecule has 0 spiro atoms. The smallest absolute Gasteiger partial charge is 0.243 e. The molecule has 37 heavy (non-hydrogen) atoms. The molecule has 2 unspecified atom stereocenters. The molecule has 0 aliphatic carbocycles. The van der Waals surface area contributed by atoms with E-state index in [2.05, 4.69) is 25.7 Å². The number of alkyl halides is 3. The van der Waals surface area contributed by atoms with E-state index < -0.39 is 18.9 Å². The number of pyridine rings is 1. The summed E-state index contributed by atoms with van der Waals surface area (Å²) in [5, 5.41) is 10.8. The lowest BCUT2D eigenvalue weighted by Gasteiger charge is -2.34. The SMILES string of the molecule is CCCF.CNc1nc(NC2CCN(CCF)CC2F)nn2ccc(-c3ccc(N=C(C)C)c(C)n3)c12. The quantitative estimate of drug-likeness (QED) is 0.388. The van der Waals surface area contributed by atoms with Gasteiger partial charge in [0.25, 0.3) is 0 Å². The third kappa shape index (κ3) is 7.18. The van der Waals surface area contributed by atoms with E-state index in [4.69, 9.17) is 4.98 Å². The van der Waals surface area contributed by atoms with Crippen molar-refractivity contribution >= 4 is 28.7 Å². The Morgan fingerprint density at radius 1 is 1.16 bits per heavy atom. The van der Waals surface area contributed by atoms with Crippen LogP contribution in [0, 0.1) is 6.92 Å². The lowest BCUT2D eigenvalue weighted by molar-refractivity contribution is 0.120. The molecule has 202 valence electrons. The molecule has 3 aromatic heterocycles. The molecule has 0 saturated carbocycles. The predicted octanol–water partition coefficient (Wildman–Crippen LogP) is 5.41. The minimum Gasteiger partial charge on any atom is -0.371 e. The van der Waals surface area contributed by atoms with Gasteiger partial charge in [0.2, 0.25) is 5.95 Å². The molecule has 2 N–H and O–H groups in total. The van der Waals surface area contributed by atoms with Gasteiger partial charge in [-0.25, -0.2) is 13.3 Å². The van der Waals surface area contributed by atoms with Crippen LogP contribution in [0.15, 0.2) is 29.4 Å². The van der Waals surface area contributed by atoms with Crippen LogP contribution in [0.4, 0.5) is 30.6 Å². The molecule has 1 aliphatic heterocycles. The molecular formula is C26H37F3N8. The van der Waals surface area contributed by atoms with E-state index in [9.17, 15) is 13.2 Å². The number of piperidine rings is 1. The van der Waals surface area contributed by atoms with Crippen LogP contribution in [0.3, 0.4) is 0 Å². The van der Waals surface area contributed by atoms with Gasteiger partial charge in [0.05, 0.1) is 29.8 Å². The van der Waals surface area contributed by atoms with Gasteiger partial charge in [0, 0.05) is 44.2 Å². The zero-order valence-electron chi connectivity index (χ0n) is 22.2. The summed E-state index contributed by atoms with van der Waals surface area (Å²) < 4.78 is 39.7. The molecule has 0 bridgehead atoms. The Kier molecular flexibility index (Phi) is 10.2. The number of aliphatic imine (C=N–C) groups is 1. The zero-order chi connectivity index (χ0) is 26.9. The molecule has 0 aromatic carbocycles. The van der Waals surface area contributed by atoms with E-state index in [0.717, 1.165) is 33.9 Å². The highest BCUT2D eigenvalue weighted by Crippen LogP contribution is 2.31. The van der Waals surface area contributed by atoms with Crippen molar-refractivity contribution in [2.24, 2.45) is 4.99 Å². The standard InChI is InChI=1S/C23H30F2N8.C3H7F/c1-14(2)27-18-5-6-19(28-15(18)3)16-7-11-33-21(16)22(26-4)30-23(31-33)29-20-8-10-32(12-9-24)13-17(20)25;1-2-3-4/h5-7,11,17,20H,8-10,12-13H2,1-4H3,(H2,26,29,30,31);2-3H2,1H3. The Hall–Kier alpha value is -3.21. The summed E-state index contributed by atoms with van der Waals surface area (Å²) in [4.78, 5) is 15.7. The maximum atomic E-state index is 14.7. The number of aromatic nitrogens is 4. The van der Waals surface area contributed by atoms with Crippen molar-refractivity contribution in [3.8, 4) is 11.3 Å². The van der Waals surface area contributed by atoms with Crippen molar-refractivity contribution in [2.75, 3.05) is 50.7 Å². The van der Waals surface area contributed by atoms with Gasteiger partial charge in [-0.1, -0.05) is 6.92 Å². The Morgan fingerprint density at radius 2 is 1.92 bits per heavy atom. The highest BCUT2D eigenvalue weighted by atomic mass is 19.1. The fraction of sp³-hybridized carbons (Fsp3) is 0.538. The molecule has 1 aliphatic rings. The van der Waals surface area contributed by atoms with Gasteiger partial charge in [-0.3, -0.25) is 19.3 Å². The topological polar surface area (TPSA) is 82.7 Å². The summed E-state index contributed by atoms with van der Waals surface area (Å²) in [5.74, 6) is 0.955. The summed E-state index contributed by atoms with van der Waals surface area (Å²) in [6.45, 7) is 8.12. The van der Waals surface area contributed by atoms with E-state index in [-0.39, 0.29) is 19.8 Å². The van der Waals surface area contributed by atoms with Crippen molar-refractivity contribution < 1.29 is 13.2 Å². The normalized spacial score (nSPS) is 17.7. The number of likely N-dealkylation sites (tertiary alicyclic amines) is 1. The molecule has 11 heteroatoms.